The van der Waals surface area contributed by atoms with E-state index in [-0.39, 0.29) is 11.7 Å². The maximum atomic E-state index is 6.37. The number of unbranched alkanes of at least 4 members (excludes halogenated alkanes) is 20. The molecule has 0 radical (unpaired) electrons. The van der Waals surface area contributed by atoms with Crippen LogP contribution in [0.4, 0.5) is 34.1 Å². The molecule has 94 heavy (non-hydrogen) atoms. The number of benzene rings is 6. The molecule has 0 unspecified atom stereocenters. The summed E-state index contributed by atoms with van der Waals surface area (Å²) in [4.78, 5) is 9.50. The first-order chi connectivity index (χ1) is 46.2. The first-order valence-corrected chi connectivity index (χ1v) is 37.8. The van der Waals surface area contributed by atoms with Crippen LogP contribution < -0.4 is 28.7 Å². The van der Waals surface area contributed by atoms with Crippen molar-refractivity contribution in [2.24, 2.45) is 5.41 Å². The Hall–Kier alpha value is -6.82. The zero-order chi connectivity index (χ0) is 65.2. The van der Waals surface area contributed by atoms with Crippen molar-refractivity contribution < 1.29 is 28.4 Å². The van der Waals surface area contributed by atoms with E-state index in [1.54, 1.807) is 11.3 Å². The van der Waals surface area contributed by atoms with Crippen LogP contribution in [-0.4, -0.2) is 39.6 Å². The van der Waals surface area contributed by atoms with Crippen molar-refractivity contribution in [3.05, 3.63) is 179 Å². The number of rotatable bonds is 41. The minimum Gasteiger partial charge on any atom is -0.494 e. The van der Waals surface area contributed by atoms with E-state index in [1.165, 1.54) is 171 Å². The third-order valence-corrected chi connectivity index (χ3v) is 20.4. The van der Waals surface area contributed by atoms with Crippen LogP contribution in [0.25, 0.3) is 32.5 Å². The molecule has 0 saturated carbocycles. The summed E-state index contributed by atoms with van der Waals surface area (Å²) in [7, 11) is 0. The van der Waals surface area contributed by atoms with E-state index < -0.39 is 0 Å². The average Bonchev–Trinajstić information content (AvgIpc) is 1.58. The number of hydrogen-bond donors (Lipinski definition) is 0. The summed E-state index contributed by atoms with van der Waals surface area (Å²) in [6, 6.07) is 57.8. The summed E-state index contributed by atoms with van der Waals surface area (Å²) < 4.78 is 37.9. The number of ether oxygens (including phenoxy) is 6. The Morgan fingerprint density at radius 1 is 0.362 bits per heavy atom. The fraction of sp³-hybridized carbons (Fsp3) is 0.452. The number of thiophene rings is 2. The minimum absolute atomic E-state index is 0.0119. The summed E-state index contributed by atoms with van der Waals surface area (Å²) in [5, 5.41) is 0. The van der Waals surface area contributed by atoms with Gasteiger partial charge in [0.25, 0.3) is 0 Å². The maximum absolute atomic E-state index is 6.37. The third kappa shape index (κ3) is 20.1. The SMILES string of the molecule is CCCCCCCCOc1ccc(N(c2ccc(OCCCCCCCC)cc2)c2ccc3c(c2)-c2cc(N(c4ccc(OCCCCCCCC)cc4)c4ccc(OCCCCCCCC)cc4)ccc2C3=Cc2ccc(-c3ccc(C4OCC(C)(C)CO4)s3)s2)cc1. The average molecular weight is 1300 g/mol. The normalized spacial score (nSPS) is 13.4. The molecule has 8 nitrogen and oxygen atoms in total. The standard InChI is InChI=1S/C84H106N2O6S2/c1-7-11-15-19-23-27-55-87-70-41-31-64(32-42-70)85(65-33-43-71(44-34-65)88-56-28-24-20-16-12-8-2)68-39-50-75-77(59-68)78-60-69(40-51-76(78)79(75)61-74-49-52-80(93-74)81-53-54-82(94-81)83-91-62-84(5,6)63-92-83)86(66-35-45-72(46-36-66)89-57-29-25-21-17-13-9-3)67-37-47-73(48-38-67)90-58-30-26-22-18-14-10-4/h31-54,59-61,83H,7-30,55-58,62-63H2,1-6H3. The summed E-state index contributed by atoms with van der Waals surface area (Å²) in [6.07, 6.45) is 31.6. The molecule has 3 heterocycles. The molecule has 1 aliphatic carbocycles. The van der Waals surface area contributed by atoms with Gasteiger partial charge in [0.2, 0.25) is 0 Å². The van der Waals surface area contributed by atoms with Gasteiger partial charge in [-0.2, -0.15) is 0 Å². The number of anilines is 6. The molecule has 10 heteroatoms. The molecular formula is C84H106N2O6S2. The molecule has 2 aromatic heterocycles. The van der Waals surface area contributed by atoms with Crippen molar-refractivity contribution in [2.75, 3.05) is 49.4 Å². The topological polar surface area (TPSA) is 61.9 Å². The smallest absolute Gasteiger partial charge is 0.193 e. The summed E-state index contributed by atoms with van der Waals surface area (Å²) in [5.74, 6) is 3.57. The lowest BCUT2D eigenvalue weighted by Gasteiger charge is -2.34. The van der Waals surface area contributed by atoms with E-state index in [4.69, 9.17) is 28.4 Å². The van der Waals surface area contributed by atoms with Crippen molar-refractivity contribution in [3.63, 3.8) is 0 Å². The molecule has 6 aromatic carbocycles. The Morgan fingerprint density at radius 2 is 0.681 bits per heavy atom. The highest BCUT2D eigenvalue weighted by molar-refractivity contribution is 7.22. The van der Waals surface area contributed by atoms with Gasteiger partial charge in [0, 0.05) is 54.2 Å². The molecule has 0 spiro atoms. The zero-order valence-electron chi connectivity index (χ0n) is 57.5. The number of hydrogen-bond acceptors (Lipinski definition) is 10. The van der Waals surface area contributed by atoms with Crippen molar-refractivity contribution >= 4 is 68.4 Å². The highest BCUT2D eigenvalue weighted by atomic mass is 32.1. The highest BCUT2D eigenvalue weighted by Crippen LogP contribution is 2.51. The maximum Gasteiger partial charge on any atom is 0.193 e. The van der Waals surface area contributed by atoms with Gasteiger partial charge in [-0.1, -0.05) is 182 Å². The Balaban J connectivity index is 1.01. The first kappa shape index (κ1) is 70.0. The van der Waals surface area contributed by atoms with Crippen LogP contribution in [0.2, 0.25) is 0 Å². The van der Waals surface area contributed by atoms with Gasteiger partial charge in [-0.15, -0.1) is 22.7 Å². The van der Waals surface area contributed by atoms with E-state index in [0.717, 1.165) is 114 Å². The van der Waals surface area contributed by atoms with Gasteiger partial charge in [0.1, 0.15) is 23.0 Å². The van der Waals surface area contributed by atoms with Crippen LogP contribution in [0, 0.1) is 5.41 Å². The van der Waals surface area contributed by atoms with Gasteiger partial charge in [0.05, 0.1) is 44.5 Å². The highest BCUT2D eigenvalue weighted by Gasteiger charge is 2.31. The molecule has 1 aliphatic heterocycles. The molecule has 2 aliphatic rings. The van der Waals surface area contributed by atoms with Crippen molar-refractivity contribution in [1.82, 2.24) is 0 Å². The van der Waals surface area contributed by atoms with Crippen LogP contribution in [0.1, 0.15) is 223 Å². The monoisotopic (exact) mass is 1300 g/mol. The largest absolute Gasteiger partial charge is 0.494 e. The second-order valence-corrected chi connectivity index (χ2v) is 28.9. The summed E-state index contributed by atoms with van der Waals surface area (Å²) in [5.41, 5.74) is 12.3. The molecule has 8 aromatic rings. The Kier molecular flexibility index (Phi) is 27.5. The molecule has 500 valence electrons. The van der Waals surface area contributed by atoms with E-state index in [0.29, 0.717) is 13.2 Å². The van der Waals surface area contributed by atoms with Gasteiger partial charge in [-0.25, -0.2) is 0 Å². The molecule has 0 N–H and O–H groups in total. The predicted molar refractivity (Wildman–Crippen MR) is 400 cm³/mol. The second-order valence-electron chi connectivity index (χ2n) is 26.7. The van der Waals surface area contributed by atoms with Crippen LogP contribution >= 0.6 is 22.7 Å². The second kappa shape index (κ2) is 36.9. The van der Waals surface area contributed by atoms with Crippen LogP contribution in [0.3, 0.4) is 0 Å². The summed E-state index contributed by atoms with van der Waals surface area (Å²) in [6.45, 7) is 17.7. The van der Waals surface area contributed by atoms with Gasteiger partial charge in [0.15, 0.2) is 6.29 Å². The van der Waals surface area contributed by atoms with E-state index >= 15 is 0 Å². The molecule has 1 saturated heterocycles. The zero-order valence-corrected chi connectivity index (χ0v) is 59.2. The molecule has 1 fully saturated rings. The van der Waals surface area contributed by atoms with Crippen LogP contribution in [0.15, 0.2) is 158 Å². The lowest BCUT2D eigenvalue weighted by Crippen LogP contribution is -2.33. The Bertz CT molecular complexity index is 3220. The van der Waals surface area contributed by atoms with E-state index in [2.05, 4.69) is 215 Å². The predicted octanol–water partition coefficient (Wildman–Crippen LogP) is 26.0. The summed E-state index contributed by atoms with van der Waals surface area (Å²) >= 11 is 3.59. The lowest BCUT2D eigenvalue weighted by molar-refractivity contribution is -0.224. The Morgan fingerprint density at radius 3 is 1.04 bits per heavy atom. The Labute approximate surface area is 572 Å². The molecule has 0 amide bonds. The van der Waals surface area contributed by atoms with Crippen LogP contribution in [0.5, 0.6) is 23.0 Å². The fourth-order valence-corrected chi connectivity index (χ4v) is 14.7. The molecule has 0 bridgehead atoms. The molecular weight excluding hydrogens is 1200 g/mol. The molecule has 0 atom stereocenters. The van der Waals surface area contributed by atoms with Gasteiger partial charge in [-0.05, 0) is 205 Å². The van der Waals surface area contributed by atoms with Crippen molar-refractivity contribution in [2.45, 2.75) is 202 Å². The lowest BCUT2D eigenvalue weighted by atomic mass is 9.96. The van der Waals surface area contributed by atoms with Crippen molar-refractivity contribution in [3.8, 4) is 43.9 Å². The number of fused-ring (bicyclic) bond motifs is 3. The number of nitrogens with zero attached hydrogens (tertiary/aromatic N) is 2. The fourth-order valence-electron chi connectivity index (χ4n) is 12.7. The van der Waals surface area contributed by atoms with Gasteiger partial charge < -0.3 is 38.2 Å². The molecule has 10 rings (SSSR count). The minimum atomic E-state index is -0.330. The van der Waals surface area contributed by atoms with Gasteiger partial charge >= 0.3 is 0 Å². The third-order valence-electron chi connectivity index (χ3n) is 18.1. The quantitative estimate of drug-likeness (QED) is 0.0351. The van der Waals surface area contributed by atoms with Gasteiger partial charge in [-0.3, -0.25) is 0 Å². The van der Waals surface area contributed by atoms with E-state index in [1.807, 2.05) is 11.3 Å². The van der Waals surface area contributed by atoms with Crippen molar-refractivity contribution in [1.29, 1.82) is 0 Å². The van der Waals surface area contributed by atoms with E-state index in [9.17, 15) is 0 Å². The van der Waals surface area contributed by atoms with Crippen LogP contribution in [-0.2, 0) is 9.47 Å². The first-order valence-electron chi connectivity index (χ1n) is 36.2.